The summed E-state index contributed by atoms with van der Waals surface area (Å²) in [7, 11) is 0. The molecule has 5 heteroatoms. The van der Waals surface area contributed by atoms with E-state index in [1.165, 1.54) is 5.56 Å². The van der Waals surface area contributed by atoms with E-state index in [0.29, 0.717) is 26.3 Å². The predicted octanol–water partition coefficient (Wildman–Crippen LogP) is 2.74. The minimum atomic E-state index is 0.554. The van der Waals surface area contributed by atoms with Gasteiger partial charge in [-0.05, 0) is 6.92 Å². The molecule has 2 heterocycles. The van der Waals surface area contributed by atoms with Crippen molar-refractivity contribution in [2.75, 3.05) is 19.8 Å². The first-order valence-corrected chi connectivity index (χ1v) is 7.83. The van der Waals surface area contributed by atoms with Crippen molar-refractivity contribution in [1.29, 1.82) is 0 Å². The highest BCUT2D eigenvalue weighted by molar-refractivity contribution is 5.84. The van der Waals surface area contributed by atoms with Crippen molar-refractivity contribution >= 4 is 11.0 Å². The van der Waals surface area contributed by atoms with Gasteiger partial charge in [0, 0.05) is 30.8 Å². The summed E-state index contributed by atoms with van der Waals surface area (Å²) in [6.45, 7) is 4.49. The van der Waals surface area contributed by atoms with Gasteiger partial charge in [0.25, 0.3) is 0 Å². The molecule has 1 aliphatic rings. The average Bonchev–Trinajstić information content (AvgIpc) is 2.92. The molecule has 4 rings (SSSR count). The summed E-state index contributed by atoms with van der Waals surface area (Å²) in [6.07, 6.45) is 0. The fourth-order valence-electron chi connectivity index (χ4n) is 2.94. The van der Waals surface area contributed by atoms with Crippen LogP contribution in [-0.4, -0.2) is 29.3 Å². The summed E-state index contributed by atoms with van der Waals surface area (Å²) in [5.41, 5.74) is 10.1. The van der Waals surface area contributed by atoms with Gasteiger partial charge in [-0.1, -0.05) is 29.8 Å². The molecule has 0 saturated heterocycles. The lowest BCUT2D eigenvalue weighted by Gasteiger charge is -2.18. The molecular formula is C18H19N3O2. The Morgan fingerprint density at radius 1 is 1.09 bits per heavy atom. The summed E-state index contributed by atoms with van der Waals surface area (Å²) >= 11 is 0. The first-order chi connectivity index (χ1) is 11.3. The van der Waals surface area contributed by atoms with E-state index in [9.17, 15) is 0 Å². The Bertz CT molecular complexity index is 853. The number of aryl methyl sites for hydroxylation is 1. The lowest BCUT2D eigenvalue weighted by Crippen LogP contribution is -2.15. The zero-order chi connectivity index (χ0) is 15.8. The third kappa shape index (κ3) is 2.43. The number of benzene rings is 2. The first-order valence-electron chi connectivity index (χ1n) is 7.83. The van der Waals surface area contributed by atoms with Crippen LogP contribution in [0.4, 0.5) is 0 Å². The maximum absolute atomic E-state index is 5.82. The number of imidazole rings is 1. The van der Waals surface area contributed by atoms with Crippen molar-refractivity contribution in [2.24, 2.45) is 5.73 Å². The molecule has 5 nitrogen and oxygen atoms in total. The van der Waals surface area contributed by atoms with Crippen molar-refractivity contribution in [1.82, 2.24) is 9.55 Å². The number of nitrogens with two attached hydrogens (primary N) is 1. The lowest BCUT2D eigenvalue weighted by molar-refractivity contribution is 0.172. The first kappa shape index (κ1) is 14.1. The van der Waals surface area contributed by atoms with Gasteiger partial charge >= 0.3 is 0 Å². The number of hydrogen-bond donors (Lipinski definition) is 1. The highest BCUT2D eigenvalue weighted by Crippen LogP contribution is 2.36. The van der Waals surface area contributed by atoms with E-state index < -0.39 is 0 Å². The van der Waals surface area contributed by atoms with Crippen molar-refractivity contribution in [3.05, 3.63) is 42.0 Å². The van der Waals surface area contributed by atoms with Crippen LogP contribution in [0.5, 0.6) is 11.5 Å². The molecule has 0 saturated carbocycles. The van der Waals surface area contributed by atoms with Gasteiger partial charge in [0.2, 0.25) is 0 Å². The van der Waals surface area contributed by atoms with Gasteiger partial charge in [0.05, 0.1) is 11.0 Å². The number of aromatic nitrogens is 2. The van der Waals surface area contributed by atoms with Gasteiger partial charge in [-0.15, -0.1) is 0 Å². The van der Waals surface area contributed by atoms with E-state index in [-0.39, 0.29) is 0 Å². The van der Waals surface area contributed by atoms with Gasteiger partial charge in [0.1, 0.15) is 19.0 Å². The summed E-state index contributed by atoms with van der Waals surface area (Å²) in [5, 5.41) is 0. The van der Waals surface area contributed by atoms with E-state index in [0.717, 1.165) is 33.9 Å². The van der Waals surface area contributed by atoms with E-state index in [1.807, 2.05) is 12.1 Å². The molecule has 0 aliphatic carbocycles. The highest BCUT2D eigenvalue weighted by Gasteiger charge is 2.18. The van der Waals surface area contributed by atoms with Crippen molar-refractivity contribution in [3.63, 3.8) is 0 Å². The van der Waals surface area contributed by atoms with Crippen LogP contribution in [-0.2, 0) is 6.54 Å². The zero-order valence-electron chi connectivity index (χ0n) is 13.1. The molecule has 0 spiro atoms. The van der Waals surface area contributed by atoms with E-state index in [4.69, 9.17) is 20.2 Å². The van der Waals surface area contributed by atoms with Gasteiger partial charge < -0.3 is 19.8 Å². The summed E-state index contributed by atoms with van der Waals surface area (Å²) in [4.78, 5) is 4.81. The number of hydrogen-bond acceptors (Lipinski definition) is 4. The molecule has 1 aromatic heterocycles. The fourth-order valence-corrected chi connectivity index (χ4v) is 2.94. The molecule has 3 aromatic rings. The van der Waals surface area contributed by atoms with Crippen LogP contribution in [0.3, 0.4) is 0 Å². The van der Waals surface area contributed by atoms with Crippen molar-refractivity contribution in [2.45, 2.75) is 13.5 Å². The molecule has 2 N–H and O–H groups in total. The Balaban J connectivity index is 1.92. The molecule has 118 valence electrons. The summed E-state index contributed by atoms with van der Waals surface area (Å²) < 4.78 is 13.5. The molecule has 0 atom stereocenters. The molecule has 0 unspecified atom stereocenters. The van der Waals surface area contributed by atoms with Crippen molar-refractivity contribution in [3.8, 4) is 22.9 Å². The Morgan fingerprint density at radius 3 is 2.48 bits per heavy atom. The van der Waals surface area contributed by atoms with Crippen LogP contribution in [0.2, 0.25) is 0 Å². The second-order valence-electron chi connectivity index (χ2n) is 5.73. The second kappa shape index (κ2) is 5.59. The molecule has 0 amide bonds. The normalized spacial score (nSPS) is 13.5. The van der Waals surface area contributed by atoms with Crippen LogP contribution in [0, 0.1) is 6.92 Å². The van der Waals surface area contributed by atoms with Gasteiger partial charge in [0.15, 0.2) is 11.5 Å². The third-order valence-corrected chi connectivity index (χ3v) is 4.07. The second-order valence-corrected chi connectivity index (χ2v) is 5.73. The monoisotopic (exact) mass is 309 g/mol. The molecule has 0 radical (unpaired) electrons. The zero-order valence-corrected chi connectivity index (χ0v) is 13.1. The topological polar surface area (TPSA) is 62.3 Å². The minimum absolute atomic E-state index is 0.554. The number of ether oxygens (including phenoxy) is 2. The Hall–Kier alpha value is -2.53. The Morgan fingerprint density at radius 2 is 1.78 bits per heavy atom. The molecule has 0 fully saturated rings. The number of rotatable bonds is 3. The van der Waals surface area contributed by atoms with Gasteiger partial charge in [-0.2, -0.15) is 0 Å². The fraction of sp³-hybridized carbons (Fsp3) is 0.278. The van der Waals surface area contributed by atoms with Gasteiger partial charge in [-0.3, -0.25) is 0 Å². The smallest absolute Gasteiger partial charge is 0.163 e. The SMILES string of the molecule is Cc1ccc(-c2nc3cc4c(cc3n2CCN)OCCO4)cc1. The lowest BCUT2D eigenvalue weighted by atomic mass is 10.1. The molecule has 0 bridgehead atoms. The van der Waals surface area contributed by atoms with Crippen LogP contribution in [0.15, 0.2) is 36.4 Å². The van der Waals surface area contributed by atoms with E-state index in [1.54, 1.807) is 0 Å². The average molecular weight is 309 g/mol. The number of fused-ring (bicyclic) bond motifs is 2. The van der Waals surface area contributed by atoms with E-state index >= 15 is 0 Å². The minimum Gasteiger partial charge on any atom is -0.486 e. The summed E-state index contributed by atoms with van der Waals surface area (Å²) in [5.74, 6) is 2.46. The van der Waals surface area contributed by atoms with Crippen molar-refractivity contribution < 1.29 is 9.47 Å². The molecule has 23 heavy (non-hydrogen) atoms. The highest BCUT2D eigenvalue weighted by atomic mass is 16.6. The van der Waals surface area contributed by atoms with Crippen LogP contribution in [0.25, 0.3) is 22.4 Å². The molecular weight excluding hydrogens is 290 g/mol. The maximum Gasteiger partial charge on any atom is 0.163 e. The Kier molecular flexibility index (Phi) is 3.42. The van der Waals surface area contributed by atoms with Crippen LogP contribution >= 0.6 is 0 Å². The van der Waals surface area contributed by atoms with Crippen LogP contribution < -0.4 is 15.2 Å². The largest absolute Gasteiger partial charge is 0.486 e. The standard InChI is InChI=1S/C18H19N3O2/c1-12-2-4-13(5-3-12)18-20-14-10-16-17(23-9-8-22-16)11-15(14)21(18)7-6-19/h2-5,10-11H,6-9,19H2,1H3. The van der Waals surface area contributed by atoms with Crippen LogP contribution in [0.1, 0.15) is 5.56 Å². The van der Waals surface area contributed by atoms with Gasteiger partial charge in [-0.25, -0.2) is 4.98 Å². The predicted molar refractivity (Wildman–Crippen MR) is 90.0 cm³/mol. The van der Waals surface area contributed by atoms with E-state index in [2.05, 4.69) is 35.8 Å². The Labute approximate surface area is 134 Å². The third-order valence-electron chi connectivity index (χ3n) is 4.07. The molecule has 1 aliphatic heterocycles. The summed E-state index contributed by atoms with van der Waals surface area (Å²) in [6, 6.07) is 12.3. The quantitative estimate of drug-likeness (QED) is 0.808. The maximum atomic E-state index is 5.82. The molecule has 2 aromatic carbocycles. The number of nitrogens with zero attached hydrogens (tertiary/aromatic N) is 2.